The summed E-state index contributed by atoms with van der Waals surface area (Å²) in [6.07, 6.45) is 1.17. The van der Waals surface area contributed by atoms with E-state index in [1.165, 1.54) is 6.42 Å². The van der Waals surface area contributed by atoms with E-state index in [-0.39, 0.29) is 16.2 Å². The Hall–Kier alpha value is -0.800. The number of hydrogen-bond donors (Lipinski definition) is 0. The van der Waals surface area contributed by atoms with Gasteiger partial charge in [-0.05, 0) is 30.4 Å². The van der Waals surface area contributed by atoms with Crippen molar-refractivity contribution in [1.82, 2.24) is 9.88 Å². The molecule has 0 aromatic carbocycles. The number of nitrogens with zero attached hydrogens (tertiary/aromatic N) is 2. The third kappa shape index (κ3) is 3.15. The van der Waals surface area contributed by atoms with E-state index in [9.17, 15) is 4.79 Å². The second kappa shape index (κ2) is 5.45. The zero-order chi connectivity index (χ0) is 13.3. The van der Waals surface area contributed by atoms with Crippen molar-refractivity contribution in [3.8, 4) is 0 Å². The zero-order valence-corrected chi connectivity index (χ0v) is 12.0. The summed E-state index contributed by atoms with van der Waals surface area (Å²) in [7, 11) is 0. The number of carbonyl (C=O) groups excluding carboxylic acids is 1. The van der Waals surface area contributed by atoms with Crippen molar-refractivity contribution < 1.29 is 4.79 Å². The van der Waals surface area contributed by atoms with Crippen molar-refractivity contribution in [3.63, 3.8) is 0 Å². The Balaban J connectivity index is 2.20. The summed E-state index contributed by atoms with van der Waals surface area (Å²) in [6.45, 7) is 5.92. The van der Waals surface area contributed by atoms with Crippen LogP contribution in [0.15, 0.2) is 12.1 Å². The van der Waals surface area contributed by atoms with Gasteiger partial charge in [-0.2, -0.15) is 0 Å². The van der Waals surface area contributed by atoms with Crippen LogP contribution in [0.1, 0.15) is 30.6 Å². The molecular weight excluding hydrogens is 271 g/mol. The lowest BCUT2D eigenvalue weighted by molar-refractivity contribution is 0.0623. The van der Waals surface area contributed by atoms with Gasteiger partial charge in [0.25, 0.3) is 5.91 Å². The van der Waals surface area contributed by atoms with Crippen molar-refractivity contribution >= 4 is 29.1 Å². The minimum Gasteiger partial charge on any atom is -0.338 e. The second-order valence-corrected chi connectivity index (χ2v) is 5.93. The molecule has 1 aromatic heterocycles. The molecule has 0 bridgehead atoms. The zero-order valence-electron chi connectivity index (χ0n) is 10.5. The van der Waals surface area contributed by atoms with Crippen LogP contribution in [-0.2, 0) is 0 Å². The molecule has 98 valence electrons. The fraction of sp³-hybridized carbons (Fsp3) is 0.538. The topological polar surface area (TPSA) is 33.2 Å². The molecule has 1 fully saturated rings. The maximum atomic E-state index is 12.4. The Morgan fingerprint density at radius 1 is 1.22 bits per heavy atom. The predicted octanol–water partition coefficient (Wildman–Crippen LogP) is 3.51. The monoisotopic (exact) mass is 286 g/mol. The maximum Gasteiger partial charge on any atom is 0.254 e. The lowest BCUT2D eigenvalue weighted by Crippen LogP contribution is -2.42. The lowest BCUT2D eigenvalue weighted by atomic mass is 9.91. The Morgan fingerprint density at radius 3 is 2.22 bits per heavy atom. The summed E-state index contributed by atoms with van der Waals surface area (Å²) < 4.78 is 0. The van der Waals surface area contributed by atoms with Crippen LogP contribution >= 0.6 is 23.2 Å². The van der Waals surface area contributed by atoms with Gasteiger partial charge in [-0.25, -0.2) is 4.98 Å². The van der Waals surface area contributed by atoms with Gasteiger partial charge < -0.3 is 4.90 Å². The van der Waals surface area contributed by atoms with Crippen LogP contribution in [0.2, 0.25) is 10.3 Å². The number of rotatable bonds is 1. The molecule has 1 aliphatic rings. The molecule has 0 saturated carbocycles. The summed E-state index contributed by atoms with van der Waals surface area (Å²) in [5, 5.41) is 0.507. The van der Waals surface area contributed by atoms with E-state index in [1.54, 1.807) is 12.1 Å². The van der Waals surface area contributed by atoms with Gasteiger partial charge in [-0.15, -0.1) is 0 Å². The molecule has 2 heterocycles. The Morgan fingerprint density at radius 2 is 1.72 bits per heavy atom. The highest BCUT2D eigenvalue weighted by Gasteiger charge is 2.26. The normalized spacial score (nSPS) is 24.1. The van der Waals surface area contributed by atoms with E-state index in [0.717, 1.165) is 13.1 Å². The molecule has 3 nitrogen and oxygen atoms in total. The van der Waals surface area contributed by atoms with Crippen LogP contribution in [0.3, 0.4) is 0 Å². The summed E-state index contributed by atoms with van der Waals surface area (Å²) in [6, 6.07) is 3.14. The van der Waals surface area contributed by atoms with Gasteiger partial charge in [0.15, 0.2) is 0 Å². The van der Waals surface area contributed by atoms with E-state index in [1.807, 2.05) is 4.90 Å². The first-order valence-electron chi connectivity index (χ1n) is 6.08. The summed E-state index contributed by atoms with van der Waals surface area (Å²) in [5.41, 5.74) is 0.515. The van der Waals surface area contributed by atoms with Gasteiger partial charge in [-0.1, -0.05) is 37.0 Å². The van der Waals surface area contributed by atoms with Gasteiger partial charge in [0.05, 0.1) is 0 Å². The van der Waals surface area contributed by atoms with E-state index in [0.29, 0.717) is 17.4 Å². The fourth-order valence-corrected chi connectivity index (χ4v) is 3.06. The van der Waals surface area contributed by atoms with Crippen LogP contribution in [-0.4, -0.2) is 28.9 Å². The van der Waals surface area contributed by atoms with Crippen LogP contribution in [0.4, 0.5) is 0 Å². The molecule has 1 aromatic rings. The third-order valence-corrected chi connectivity index (χ3v) is 3.55. The summed E-state index contributed by atoms with van der Waals surface area (Å²) >= 11 is 11.6. The molecule has 5 heteroatoms. The quantitative estimate of drug-likeness (QED) is 0.741. The van der Waals surface area contributed by atoms with E-state index < -0.39 is 0 Å². The lowest BCUT2D eigenvalue weighted by Gasteiger charge is -2.35. The van der Waals surface area contributed by atoms with Crippen LogP contribution in [0, 0.1) is 11.8 Å². The highest BCUT2D eigenvalue weighted by Crippen LogP contribution is 2.23. The molecule has 0 radical (unpaired) electrons. The largest absolute Gasteiger partial charge is 0.338 e. The van der Waals surface area contributed by atoms with E-state index in [2.05, 4.69) is 18.8 Å². The number of aromatic nitrogens is 1. The number of halogens is 2. The molecule has 0 N–H and O–H groups in total. The van der Waals surface area contributed by atoms with Gasteiger partial charge in [-0.3, -0.25) is 4.79 Å². The first kappa shape index (κ1) is 13.6. The Labute approximate surface area is 117 Å². The molecule has 1 aliphatic heterocycles. The number of amides is 1. The number of carbonyl (C=O) groups is 1. The van der Waals surface area contributed by atoms with Crippen molar-refractivity contribution in [1.29, 1.82) is 0 Å². The fourth-order valence-electron chi connectivity index (χ4n) is 2.60. The van der Waals surface area contributed by atoms with E-state index >= 15 is 0 Å². The first-order chi connectivity index (χ1) is 8.45. The summed E-state index contributed by atoms with van der Waals surface area (Å²) in [4.78, 5) is 18.1. The number of piperidine rings is 1. The second-order valence-electron chi connectivity index (χ2n) is 5.16. The molecule has 18 heavy (non-hydrogen) atoms. The molecule has 1 saturated heterocycles. The van der Waals surface area contributed by atoms with Gasteiger partial charge >= 0.3 is 0 Å². The minimum absolute atomic E-state index is 0.0143. The standard InChI is InChI=1S/C13H16Cl2N2O/c1-8-3-9(2)7-17(6-8)13(18)10-4-11(14)16-12(15)5-10/h4-5,8-9H,3,6-7H2,1-2H3. The third-order valence-electron chi connectivity index (χ3n) is 3.17. The molecule has 2 rings (SSSR count). The van der Waals surface area contributed by atoms with Crippen molar-refractivity contribution in [2.45, 2.75) is 20.3 Å². The predicted molar refractivity (Wildman–Crippen MR) is 73.1 cm³/mol. The minimum atomic E-state index is -0.0143. The smallest absolute Gasteiger partial charge is 0.254 e. The number of likely N-dealkylation sites (tertiary alicyclic amines) is 1. The van der Waals surface area contributed by atoms with Crippen LogP contribution < -0.4 is 0 Å². The van der Waals surface area contributed by atoms with Crippen molar-refractivity contribution in [2.24, 2.45) is 11.8 Å². The Bertz CT molecular complexity index is 434. The molecule has 2 atom stereocenters. The molecular formula is C13H16Cl2N2O. The average Bonchev–Trinajstić information content (AvgIpc) is 2.25. The molecule has 0 spiro atoms. The molecule has 0 aliphatic carbocycles. The van der Waals surface area contributed by atoms with Crippen molar-refractivity contribution in [2.75, 3.05) is 13.1 Å². The highest BCUT2D eigenvalue weighted by molar-refractivity contribution is 6.33. The summed E-state index contributed by atoms with van der Waals surface area (Å²) in [5.74, 6) is 1.05. The van der Waals surface area contributed by atoms with E-state index in [4.69, 9.17) is 23.2 Å². The first-order valence-corrected chi connectivity index (χ1v) is 6.83. The van der Waals surface area contributed by atoms with Crippen molar-refractivity contribution in [3.05, 3.63) is 28.0 Å². The van der Waals surface area contributed by atoms with Crippen LogP contribution in [0.25, 0.3) is 0 Å². The van der Waals surface area contributed by atoms with Crippen LogP contribution in [0.5, 0.6) is 0 Å². The molecule has 1 amide bonds. The van der Waals surface area contributed by atoms with Gasteiger partial charge in [0.1, 0.15) is 10.3 Å². The average molecular weight is 287 g/mol. The number of hydrogen-bond acceptors (Lipinski definition) is 2. The van der Waals surface area contributed by atoms with Gasteiger partial charge in [0.2, 0.25) is 0 Å². The highest BCUT2D eigenvalue weighted by atomic mass is 35.5. The van der Waals surface area contributed by atoms with Gasteiger partial charge in [0, 0.05) is 18.7 Å². The Kier molecular flexibility index (Phi) is 4.13. The number of pyridine rings is 1. The molecule has 2 unspecified atom stereocenters. The maximum absolute atomic E-state index is 12.4. The SMILES string of the molecule is CC1CC(C)CN(C(=O)c2cc(Cl)nc(Cl)c2)C1.